The average molecular weight is 344 g/mol. The number of hydrogen-bond acceptors (Lipinski definition) is 5. The van der Waals surface area contributed by atoms with Crippen LogP contribution in [0.4, 0.5) is 10.2 Å². The molecule has 0 saturated carbocycles. The zero-order valence-corrected chi connectivity index (χ0v) is 14.0. The van der Waals surface area contributed by atoms with Gasteiger partial charge in [-0.2, -0.15) is 0 Å². The predicted octanol–water partition coefficient (Wildman–Crippen LogP) is 1.99. The number of benzene rings is 1. The summed E-state index contributed by atoms with van der Waals surface area (Å²) in [5, 5.41) is 0.448. The molecule has 0 radical (unpaired) electrons. The van der Waals surface area contributed by atoms with Crippen LogP contribution in [0.5, 0.6) is 0 Å². The largest absolute Gasteiger partial charge is 0.368 e. The molecule has 1 aromatic heterocycles. The lowest BCUT2D eigenvalue weighted by atomic mass is 10.2. The fourth-order valence-electron chi connectivity index (χ4n) is 3.62. The van der Waals surface area contributed by atoms with Crippen LogP contribution in [-0.4, -0.2) is 59.7 Å². The second-order valence-corrected chi connectivity index (χ2v) is 6.50. The molecule has 3 heterocycles. The number of anilines is 1. The van der Waals surface area contributed by atoms with Gasteiger partial charge in [0.15, 0.2) is 0 Å². The number of aromatic nitrogens is 2. The number of carbonyl (C=O) groups excluding carboxylic acids is 1. The molecule has 6 nitrogen and oxygen atoms in total. The number of nitrogens with zero attached hydrogens (tertiary/aromatic N) is 4. The lowest BCUT2D eigenvalue weighted by Gasteiger charge is -2.25. The van der Waals surface area contributed by atoms with E-state index in [1.54, 1.807) is 12.1 Å². The highest BCUT2D eigenvalue weighted by Gasteiger charge is 2.29. The Morgan fingerprint density at radius 1 is 1.16 bits per heavy atom. The number of fused-ring (bicyclic) bond motifs is 1. The van der Waals surface area contributed by atoms with Gasteiger partial charge >= 0.3 is 0 Å². The highest BCUT2D eigenvalue weighted by molar-refractivity contribution is 5.90. The van der Waals surface area contributed by atoms with Gasteiger partial charge in [-0.15, -0.1) is 0 Å². The van der Waals surface area contributed by atoms with Gasteiger partial charge in [0.1, 0.15) is 24.1 Å². The summed E-state index contributed by atoms with van der Waals surface area (Å²) in [6.07, 6.45) is 3.75. The van der Waals surface area contributed by atoms with Gasteiger partial charge in [0.05, 0.1) is 10.9 Å². The normalized spacial score (nSPS) is 21.6. The fourth-order valence-corrected chi connectivity index (χ4v) is 3.62. The minimum absolute atomic E-state index is 0.0816. The SMILES string of the molecule is O=C([C@@H]1CCCO1)N1CCCN(c2ncnc3cccc(F)c23)CC1. The van der Waals surface area contributed by atoms with Gasteiger partial charge in [-0.3, -0.25) is 4.79 Å². The van der Waals surface area contributed by atoms with Crippen molar-refractivity contribution in [2.45, 2.75) is 25.4 Å². The van der Waals surface area contributed by atoms with E-state index < -0.39 is 0 Å². The van der Waals surface area contributed by atoms with Crippen molar-refractivity contribution in [3.05, 3.63) is 30.3 Å². The Labute approximate surface area is 145 Å². The first kappa shape index (κ1) is 16.2. The molecular formula is C18H21FN4O2. The summed E-state index contributed by atoms with van der Waals surface area (Å²) in [5.74, 6) is 0.372. The second kappa shape index (κ2) is 6.92. The standard InChI is InChI=1S/C18H21FN4O2/c19-13-4-1-5-14-16(13)17(21-12-20-14)22-7-3-8-23(10-9-22)18(24)15-6-2-11-25-15/h1,4-5,12,15H,2-3,6-11H2/t15-/m0/s1. The smallest absolute Gasteiger partial charge is 0.251 e. The fraction of sp³-hybridized carbons (Fsp3) is 0.500. The maximum absolute atomic E-state index is 14.3. The van der Waals surface area contributed by atoms with Crippen LogP contribution < -0.4 is 4.90 Å². The Balaban J connectivity index is 1.54. The first-order chi connectivity index (χ1) is 12.2. The van der Waals surface area contributed by atoms with Crippen LogP contribution in [0.1, 0.15) is 19.3 Å². The van der Waals surface area contributed by atoms with Crippen LogP contribution in [0, 0.1) is 5.82 Å². The second-order valence-electron chi connectivity index (χ2n) is 6.50. The summed E-state index contributed by atoms with van der Waals surface area (Å²) < 4.78 is 19.8. The third kappa shape index (κ3) is 3.16. The Morgan fingerprint density at radius 2 is 2.08 bits per heavy atom. The van der Waals surface area contributed by atoms with Gasteiger partial charge in [0.25, 0.3) is 5.91 Å². The summed E-state index contributed by atoms with van der Waals surface area (Å²) in [6, 6.07) is 4.87. The number of hydrogen-bond donors (Lipinski definition) is 0. The van der Waals surface area contributed by atoms with Crippen molar-refractivity contribution in [1.29, 1.82) is 0 Å². The minimum Gasteiger partial charge on any atom is -0.368 e. The number of halogens is 1. The topological polar surface area (TPSA) is 58.6 Å². The predicted molar refractivity (Wildman–Crippen MR) is 91.9 cm³/mol. The van der Waals surface area contributed by atoms with Crippen molar-refractivity contribution >= 4 is 22.6 Å². The molecule has 1 atom stereocenters. The van der Waals surface area contributed by atoms with E-state index in [1.165, 1.54) is 12.4 Å². The molecule has 2 saturated heterocycles. The molecule has 0 N–H and O–H groups in total. The molecule has 2 fully saturated rings. The molecular weight excluding hydrogens is 323 g/mol. The van der Waals surface area contributed by atoms with E-state index in [0.717, 1.165) is 25.8 Å². The van der Waals surface area contributed by atoms with E-state index in [9.17, 15) is 9.18 Å². The molecule has 2 aliphatic rings. The van der Waals surface area contributed by atoms with Crippen LogP contribution in [-0.2, 0) is 9.53 Å². The Bertz CT molecular complexity index is 774. The van der Waals surface area contributed by atoms with Crippen LogP contribution in [0.2, 0.25) is 0 Å². The molecule has 0 bridgehead atoms. The van der Waals surface area contributed by atoms with E-state index in [2.05, 4.69) is 14.9 Å². The quantitative estimate of drug-likeness (QED) is 0.834. The molecule has 4 rings (SSSR count). The van der Waals surface area contributed by atoms with Crippen molar-refractivity contribution in [3.63, 3.8) is 0 Å². The highest BCUT2D eigenvalue weighted by Crippen LogP contribution is 2.26. The summed E-state index contributed by atoms with van der Waals surface area (Å²) in [7, 11) is 0. The van der Waals surface area contributed by atoms with Gasteiger partial charge in [0.2, 0.25) is 0 Å². The minimum atomic E-state index is -0.315. The van der Waals surface area contributed by atoms with Crippen LogP contribution in [0.15, 0.2) is 24.5 Å². The van der Waals surface area contributed by atoms with E-state index >= 15 is 0 Å². The number of ether oxygens (including phenoxy) is 1. The van der Waals surface area contributed by atoms with Gasteiger partial charge < -0.3 is 14.5 Å². The van der Waals surface area contributed by atoms with E-state index in [0.29, 0.717) is 43.0 Å². The molecule has 25 heavy (non-hydrogen) atoms. The van der Waals surface area contributed by atoms with E-state index in [4.69, 9.17) is 4.74 Å². The molecule has 2 aromatic rings. The molecule has 7 heteroatoms. The van der Waals surface area contributed by atoms with E-state index in [1.807, 2.05) is 4.90 Å². The van der Waals surface area contributed by atoms with E-state index in [-0.39, 0.29) is 17.8 Å². The number of carbonyl (C=O) groups is 1. The average Bonchev–Trinajstić information content (AvgIpc) is 3.06. The van der Waals surface area contributed by atoms with Crippen LogP contribution >= 0.6 is 0 Å². The molecule has 1 aromatic carbocycles. The maximum atomic E-state index is 14.3. The lowest BCUT2D eigenvalue weighted by molar-refractivity contribution is -0.140. The van der Waals surface area contributed by atoms with Crippen molar-refractivity contribution in [3.8, 4) is 0 Å². The van der Waals surface area contributed by atoms with Crippen LogP contribution in [0.25, 0.3) is 10.9 Å². The van der Waals surface area contributed by atoms with Crippen molar-refractivity contribution in [2.24, 2.45) is 0 Å². The zero-order valence-electron chi connectivity index (χ0n) is 14.0. The first-order valence-electron chi connectivity index (χ1n) is 8.78. The molecule has 0 unspecified atom stereocenters. The third-order valence-electron chi connectivity index (χ3n) is 4.90. The summed E-state index contributed by atoms with van der Waals surface area (Å²) in [6.45, 7) is 3.32. The Hall–Kier alpha value is -2.28. The number of rotatable bonds is 2. The molecule has 2 aliphatic heterocycles. The van der Waals surface area contributed by atoms with Crippen molar-refractivity contribution < 1.29 is 13.9 Å². The summed E-state index contributed by atoms with van der Waals surface area (Å²) in [5.41, 5.74) is 0.599. The van der Waals surface area contributed by atoms with Gasteiger partial charge in [-0.05, 0) is 31.4 Å². The molecule has 132 valence electrons. The Morgan fingerprint density at radius 3 is 2.92 bits per heavy atom. The first-order valence-corrected chi connectivity index (χ1v) is 8.78. The number of amides is 1. The summed E-state index contributed by atoms with van der Waals surface area (Å²) in [4.78, 5) is 25.0. The van der Waals surface area contributed by atoms with Crippen molar-refractivity contribution in [2.75, 3.05) is 37.7 Å². The molecule has 1 amide bonds. The van der Waals surface area contributed by atoms with Gasteiger partial charge in [-0.1, -0.05) is 6.07 Å². The monoisotopic (exact) mass is 344 g/mol. The third-order valence-corrected chi connectivity index (χ3v) is 4.90. The molecule has 0 spiro atoms. The van der Waals surface area contributed by atoms with Gasteiger partial charge in [0, 0.05) is 32.8 Å². The summed E-state index contributed by atoms with van der Waals surface area (Å²) >= 11 is 0. The van der Waals surface area contributed by atoms with Gasteiger partial charge in [-0.25, -0.2) is 14.4 Å². The zero-order chi connectivity index (χ0) is 17.2. The molecule has 0 aliphatic carbocycles. The maximum Gasteiger partial charge on any atom is 0.251 e. The van der Waals surface area contributed by atoms with Crippen molar-refractivity contribution in [1.82, 2.24) is 14.9 Å². The van der Waals surface area contributed by atoms with Crippen LogP contribution in [0.3, 0.4) is 0 Å². The Kier molecular flexibility index (Phi) is 4.48. The highest BCUT2D eigenvalue weighted by atomic mass is 19.1. The lowest BCUT2D eigenvalue weighted by Crippen LogP contribution is -2.41.